The molecule has 0 fully saturated rings. The Morgan fingerprint density at radius 1 is 1.06 bits per heavy atom. The van der Waals surface area contributed by atoms with Crippen molar-refractivity contribution < 1.29 is 0 Å². The number of hydrogen-bond donors (Lipinski definition) is 4. The Labute approximate surface area is 193 Å². The van der Waals surface area contributed by atoms with Gasteiger partial charge in [-0.3, -0.25) is 15.4 Å². The molecule has 0 spiro atoms. The molecule has 0 saturated carbocycles. The van der Waals surface area contributed by atoms with Crippen LogP contribution in [0, 0.1) is 12.3 Å². The summed E-state index contributed by atoms with van der Waals surface area (Å²) in [6.45, 7) is 6.31. The molecule has 5 N–H and O–H groups in total. The Bertz CT molecular complexity index is 870. The van der Waals surface area contributed by atoms with Crippen LogP contribution < -0.4 is 16.6 Å². The minimum absolute atomic E-state index is 0.426. The first kappa shape index (κ1) is 27.0. The standard InChI is InChI=1S/C15H18N4.C10H21N3/c1-11-6-8-12(9-7-11)13-5-4-10-18-14(13)15(16-2)19-17-3;1-3-5-7-9(11)13-10(12)8-6-4-2/h4-10,17H,1-3H3,(H,16,19);3-8H2,1-2H3,(H3,11,12,13). The Kier molecular flexibility index (Phi) is 13.2. The summed E-state index contributed by atoms with van der Waals surface area (Å²) in [6.07, 6.45) is 7.68. The smallest absolute Gasteiger partial charge is 0.162 e. The van der Waals surface area contributed by atoms with E-state index in [-0.39, 0.29) is 0 Å². The predicted octanol–water partition coefficient (Wildman–Crippen LogP) is 4.86. The van der Waals surface area contributed by atoms with E-state index in [9.17, 15) is 0 Å². The average molecular weight is 438 g/mol. The van der Waals surface area contributed by atoms with Crippen LogP contribution in [0.2, 0.25) is 0 Å². The number of nitrogens with one attached hydrogen (secondary N) is 3. The third kappa shape index (κ3) is 9.83. The maximum Gasteiger partial charge on any atom is 0.162 e. The molecule has 0 radical (unpaired) electrons. The molecular weight excluding hydrogens is 398 g/mol. The summed E-state index contributed by atoms with van der Waals surface area (Å²) in [5.74, 6) is 1.76. The van der Waals surface area contributed by atoms with Crippen LogP contribution in [0.5, 0.6) is 0 Å². The first-order valence-electron chi connectivity index (χ1n) is 11.3. The summed E-state index contributed by atoms with van der Waals surface area (Å²) in [5.41, 5.74) is 15.8. The molecule has 0 saturated heterocycles. The van der Waals surface area contributed by atoms with E-state index >= 15 is 0 Å². The second-order valence-corrected chi connectivity index (χ2v) is 7.47. The number of amidine groups is 3. The number of unbranched alkanes of at least 4 members (excludes halogenated alkanes) is 2. The maximum atomic E-state index is 7.49. The van der Waals surface area contributed by atoms with E-state index in [1.807, 2.05) is 6.07 Å². The third-order valence-corrected chi connectivity index (χ3v) is 4.69. The molecule has 0 aliphatic rings. The zero-order chi connectivity index (χ0) is 23.8. The van der Waals surface area contributed by atoms with E-state index in [4.69, 9.17) is 11.1 Å². The fraction of sp³-hybridized carbons (Fsp3) is 0.440. The summed E-state index contributed by atoms with van der Waals surface area (Å²) in [7, 11) is 3.55. The number of hydrazine groups is 1. The van der Waals surface area contributed by atoms with Crippen LogP contribution in [0.3, 0.4) is 0 Å². The van der Waals surface area contributed by atoms with Gasteiger partial charge in [0.15, 0.2) is 5.84 Å². The summed E-state index contributed by atoms with van der Waals surface area (Å²) in [6, 6.07) is 12.4. The zero-order valence-electron chi connectivity index (χ0n) is 20.2. The van der Waals surface area contributed by atoms with Gasteiger partial charge in [-0.1, -0.05) is 62.6 Å². The number of aliphatic imine (C=N–C) groups is 2. The largest absolute Gasteiger partial charge is 0.387 e. The first-order chi connectivity index (χ1) is 15.5. The average Bonchev–Trinajstić information content (AvgIpc) is 2.81. The van der Waals surface area contributed by atoms with Crippen molar-refractivity contribution in [3.05, 3.63) is 53.9 Å². The van der Waals surface area contributed by atoms with Crippen LogP contribution in [-0.4, -0.2) is 36.6 Å². The van der Waals surface area contributed by atoms with E-state index in [1.54, 1.807) is 20.3 Å². The molecule has 0 aliphatic carbocycles. The molecular formula is C25H39N7. The molecule has 0 bridgehead atoms. The van der Waals surface area contributed by atoms with Gasteiger partial charge >= 0.3 is 0 Å². The number of aryl methyl sites for hydroxylation is 1. The van der Waals surface area contributed by atoms with Crippen molar-refractivity contribution in [2.45, 2.75) is 59.3 Å². The zero-order valence-corrected chi connectivity index (χ0v) is 20.2. The number of rotatable bonds is 9. The van der Waals surface area contributed by atoms with Gasteiger partial charge in [0.2, 0.25) is 0 Å². The number of nitrogens with zero attached hydrogens (tertiary/aromatic N) is 3. The fourth-order valence-electron chi connectivity index (χ4n) is 2.89. The second-order valence-electron chi connectivity index (χ2n) is 7.47. The number of aromatic nitrogens is 1. The van der Waals surface area contributed by atoms with Crippen LogP contribution in [0.15, 0.2) is 52.6 Å². The van der Waals surface area contributed by atoms with E-state index in [1.165, 1.54) is 5.56 Å². The third-order valence-electron chi connectivity index (χ3n) is 4.69. The molecule has 2 rings (SSSR count). The number of hydrogen-bond acceptors (Lipinski definition) is 4. The summed E-state index contributed by atoms with van der Waals surface area (Å²) in [5, 5.41) is 7.49. The highest BCUT2D eigenvalue weighted by Gasteiger charge is 2.11. The summed E-state index contributed by atoms with van der Waals surface area (Å²) in [4.78, 5) is 12.7. The monoisotopic (exact) mass is 437 g/mol. The van der Waals surface area contributed by atoms with Gasteiger partial charge in [0.05, 0.1) is 0 Å². The lowest BCUT2D eigenvalue weighted by Crippen LogP contribution is -2.35. The number of benzene rings is 1. The molecule has 7 nitrogen and oxygen atoms in total. The molecule has 0 unspecified atom stereocenters. The van der Waals surface area contributed by atoms with Crippen LogP contribution >= 0.6 is 0 Å². The minimum Gasteiger partial charge on any atom is -0.387 e. The molecule has 1 heterocycles. The lowest BCUT2D eigenvalue weighted by Gasteiger charge is -2.12. The molecule has 1 aromatic heterocycles. The number of pyridine rings is 1. The Balaban J connectivity index is 0.000000347. The normalized spacial score (nSPS) is 11.5. The van der Waals surface area contributed by atoms with Crippen molar-refractivity contribution >= 4 is 17.5 Å². The van der Waals surface area contributed by atoms with Crippen molar-refractivity contribution in [2.75, 3.05) is 14.1 Å². The van der Waals surface area contributed by atoms with E-state index in [0.717, 1.165) is 61.2 Å². The molecule has 0 aliphatic heterocycles. The van der Waals surface area contributed by atoms with E-state index in [2.05, 4.69) is 76.9 Å². The predicted molar refractivity (Wildman–Crippen MR) is 137 cm³/mol. The van der Waals surface area contributed by atoms with Crippen molar-refractivity contribution in [1.82, 2.24) is 15.8 Å². The Hall–Kier alpha value is -3.06. The number of nitrogens with two attached hydrogens (primary N) is 1. The van der Waals surface area contributed by atoms with Crippen molar-refractivity contribution in [3.8, 4) is 11.1 Å². The van der Waals surface area contributed by atoms with Gasteiger partial charge in [0, 0.05) is 38.7 Å². The lowest BCUT2D eigenvalue weighted by molar-refractivity contribution is 0.765. The quantitative estimate of drug-likeness (QED) is 0.255. The molecule has 7 heteroatoms. The summed E-state index contributed by atoms with van der Waals surface area (Å²) < 4.78 is 0. The van der Waals surface area contributed by atoms with Crippen LogP contribution in [0.1, 0.15) is 63.6 Å². The molecule has 0 amide bonds. The maximum absolute atomic E-state index is 7.49. The highest BCUT2D eigenvalue weighted by Crippen LogP contribution is 2.22. The lowest BCUT2D eigenvalue weighted by atomic mass is 10.0. The highest BCUT2D eigenvalue weighted by molar-refractivity contribution is 6.02. The topological polar surface area (TPSA) is 112 Å². The molecule has 0 atom stereocenters. The van der Waals surface area contributed by atoms with Gasteiger partial charge in [-0.05, 0) is 31.4 Å². The van der Waals surface area contributed by atoms with Gasteiger partial charge in [-0.15, -0.1) is 0 Å². The fourth-order valence-corrected chi connectivity index (χ4v) is 2.89. The van der Waals surface area contributed by atoms with Gasteiger partial charge < -0.3 is 11.2 Å². The van der Waals surface area contributed by atoms with Crippen LogP contribution in [0.25, 0.3) is 11.1 Å². The van der Waals surface area contributed by atoms with Crippen molar-refractivity contribution in [1.29, 1.82) is 5.41 Å². The summed E-state index contributed by atoms with van der Waals surface area (Å²) >= 11 is 0. The van der Waals surface area contributed by atoms with Gasteiger partial charge in [0.25, 0.3) is 0 Å². The van der Waals surface area contributed by atoms with Crippen LogP contribution in [0.4, 0.5) is 0 Å². The highest BCUT2D eigenvalue weighted by atomic mass is 15.4. The first-order valence-corrected chi connectivity index (χ1v) is 11.3. The molecule has 32 heavy (non-hydrogen) atoms. The van der Waals surface area contributed by atoms with Gasteiger partial charge in [-0.2, -0.15) is 0 Å². The Morgan fingerprint density at radius 2 is 1.72 bits per heavy atom. The molecule has 1 aromatic carbocycles. The second kappa shape index (κ2) is 15.7. The Morgan fingerprint density at radius 3 is 2.31 bits per heavy atom. The van der Waals surface area contributed by atoms with E-state index in [0.29, 0.717) is 11.7 Å². The van der Waals surface area contributed by atoms with Crippen molar-refractivity contribution in [2.24, 2.45) is 15.7 Å². The molecule has 2 aromatic rings. The van der Waals surface area contributed by atoms with Gasteiger partial charge in [-0.25, -0.2) is 10.4 Å². The van der Waals surface area contributed by atoms with E-state index < -0.39 is 0 Å². The SMILES string of the molecule is CCCCC(=N)N=C(N)CCCC.CN=C(NNC)c1ncccc1-c1ccc(C)cc1. The van der Waals surface area contributed by atoms with Gasteiger partial charge in [0.1, 0.15) is 17.4 Å². The molecule has 174 valence electrons. The van der Waals surface area contributed by atoms with Crippen molar-refractivity contribution in [3.63, 3.8) is 0 Å². The van der Waals surface area contributed by atoms with Crippen LogP contribution in [-0.2, 0) is 0 Å². The minimum atomic E-state index is 0.426.